The Balaban J connectivity index is 1.78. The predicted octanol–water partition coefficient (Wildman–Crippen LogP) is 3.67. The van der Waals surface area contributed by atoms with Crippen LogP contribution in [-0.4, -0.2) is 24.5 Å². The zero-order valence-electron chi connectivity index (χ0n) is 11.1. The van der Waals surface area contributed by atoms with Crippen molar-refractivity contribution in [1.29, 1.82) is 0 Å². The fraction of sp³-hybridized carbons (Fsp3) is 0.625. The average molecular weight is 231 g/mol. The summed E-state index contributed by atoms with van der Waals surface area (Å²) in [5, 5.41) is 0. The van der Waals surface area contributed by atoms with Crippen LogP contribution in [0.3, 0.4) is 0 Å². The summed E-state index contributed by atoms with van der Waals surface area (Å²) in [7, 11) is 0. The zero-order chi connectivity index (χ0) is 11.9. The van der Waals surface area contributed by atoms with Gasteiger partial charge in [-0.25, -0.2) is 0 Å². The van der Waals surface area contributed by atoms with Gasteiger partial charge in [-0.15, -0.1) is 0 Å². The van der Waals surface area contributed by atoms with Gasteiger partial charge in [-0.05, 0) is 36.9 Å². The molecule has 1 aromatic carbocycles. The van der Waals surface area contributed by atoms with Crippen molar-refractivity contribution in [1.82, 2.24) is 4.90 Å². The van der Waals surface area contributed by atoms with E-state index in [2.05, 4.69) is 36.1 Å². The summed E-state index contributed by atoms with van der Waals surface area (Å²) in [6, 6.07) is 8.96. The van der Waals surface area contributed by atoms with E-state index >= 15 is 0 Å². The van der Waals surface area contributed by atoms with E-state index in [1.54, 1.807) is 11.1 Å². The molecule has 0 spiro atoms. The number of fused-ring (bicyclic) bond motifs is 1. The molecule has 0 saturated carbocycles. The number of unbranched alkanes of at least 4 members (excludes halogenated alkanes) is 3. The molecule has 1 heterocycles. The molecule has 0 aromatic heterocycles. The normalized spacial score (nSPS) is 16.5. The summed E-state index contributed by atoms with van der Waals surface area (Å²) in [6.07, 6.45) is 8.00. The molecule has 0 unspecified atom stereocenters. The van der Waals surface area contributed by atoms with Gasteiger partial charge in [-0.3, -0.25) is 0 Å². The minimum Gasteiger partial charge on any atom is -0.303 e. The number of benzene rings is 1. The summed E-state index contributed by atoms with van der Waals surface area (Å²) in [5.41, 5.74) is 3.15. The molecule has 0 fully saturated rings. The van der Waals surface area contributed by atoms with Crippen LogP contribution >= 0.6 is 0 Å². The minimum absolute atomic E-state index is 1.24. The Morgan fingerprint density at radius 1 is 0.941 bits per heavy atom. The lowest BCUT2D eigenvalue weighted by Crippen LogP contribution is -2.27. The van der Waals surface area contributed by atoms with Crippen molar-refractivity contribution in [2.45, 2.75) is 45.4 Å². The van der Waals surface area contributed by atoms with Crippen LogP contribution in [0.25, 0.3) is 0 Å². The largest absolute Gasteiger partial charge is 0.303 e. The SMILES string of the molecule is CCCCCCN1CCc2ccccc2CC1. The maximum atomic E-state index is 2.65. The van der Waals surface area contributed by atoms with E-state index in [0.29, 0.717) is 0 Å². The van der Waals surface area contributed by atoms with Gasteiger partial charge in [0.2, 0.25) is 0 Å². The van der Waals surface area contributed by atoms with Crippen molar-refractivity contribution >= 4 is 0 Å². The highest BCUT2D eigenvalue weighted by molar-refractivity contribution is 5.28. The van der Waals surface area contributed by atoms with Gasteiger partial charge in [0.05, 0.1) is 0 Å². The Hall–Kier alpha value is -0.820. The Morgan fingerprint density at radius 3 is 2.18 bits per heavy atom. The van der Waals surface area contributed by atoms with Crippen molar-refractivity contribution in [3.8, 4) is 0 Å². The van der Waals surface area contributed by atoms with Gasteiger partial charge in [-0.1, -0.05) is 50.5 Å². The molecule has 0 N–H and O–H groups in total. The van der Waals surface area contributed by atoms with Gasteiger partial charge < -0.3 is 4.90 Å². The maximum Gasteiger partial charge on any atom is 0.00221 e. The molecular weight excluding hydrogens is 206 g/mol. The van der Waals surface area contributed by atoms with Gasteiger partial charge in [0, 0.05) is 13.1 Å². The summed E-state index contributed by atoms with van der Waals surface area (Å²) in [6.45, 7) is 6.09. The smallest absolute Gasteiger partial charge is 0.00221 e. The molecule has 1 heteroatoms. The molecule has 2 rings (SSSR count). The highest BCUT2D eigenvalue weighted by Crippen LogP contribution is 2.15. The van der Waals surface area contributed by atoms with Crippen LogP contribution in [0.1, 0.15) is 43.7 Å². The Morgan fingerprint density at radius 2 is 1.59 bits per heavy atom. The number of hydrogen-bond donors (Lipinski definition) is 0. The van der Waals surface area contributed by atoms with E-state index in [9.17, 15) is 0 Å². The second kappa shape index (κ2) is 6.80. The molecular formula is C16H25N. The lowest BCUT2D eigenvalue weighted by Gasteiger charge is -2.19. The fourth-order valence-corrected chi connectivity index (χ4v) is 2.70. The van der Waals surface area contributed by atoms with Crippen LogP contribution in [0, 0.1) is 0 Å². The maximum absolute atomic E-state index is 2.65. The van der Waals surface area contributed by atoms with Gasteiger partial charge >= 0.3 is 0 Å². The topological polar surface area (TPSA) is 3.24 Å². The first-order valence-corrected chi connectivity index (χ1v) is 7.19. The first-order chi connectivity index (χ1) is 8.40. The quantitative estimate of drug-likeness (QED) is 0.699. The van der Waals surface area contributed by atoms with E-state index in [-0.39, 0.29) is 0 Å². The van der Waals surface area contributed by atoms with Crippen LogP contribution in [0.15, 0.2) is 24.3 Å². The van der Waals surface area contributed by atoms with Crippen molar-refractivity contribution in [3.05, 3.63) is 35.4 Å². The highest BCUT2D eigenvalue weighted by atomic mass is 15.1. The Bertz CT molecular complexity index is 305. The standard InChI is InChI=1S/C16H25N/c1-2-3-4-7-12-17-13-10-15-8-5-6-9-16(15)11-14-17/h5-6,8-9H,2-4,7,10-14H2,1H3. The molecule has 1 aromatic rings. The van der Waals surface area contributed by atoms with Crippen molar-refractivity contribution < 1.29 is 0 Å². The molecule has 1 nitrogen and oxygen atoms in total. The summed E-state index contributed by atoms with van der Waals surface area (Å²) in [5.74, 6) is 0. The fourth-order valence-electron chi connectivity index (χ4n) is 2.70. The average Bonchev–Trinajstić information content (AvgIpc) is 2.58. The third kappa shape index (κ3) is 3.85. The molecule has 1 aliphatic heterocycles. The second-order valence-electron chi connectivity index (χ2n) is 5.17. The zero-order valence-corrected chi connectivity index (χ0v) is 11.1. The molecule has 94 valence electrons. The molecule has 0 bridgehead atoms. The van der Waals surface area contributed by atoms with E-state index in [4.69, 9.17) is 0 Å². The Kier molecular flexibility index (Phi) is 5.06. The molecule has 0 atom stereocenters. The molecule has 0 saturated heterocycles. The van der Waals surface area contributed by atoms with Crippen molar-refractivity contribution in [3.63, 3.8) is 0 Å². The third-order valence-electron chi connectivity index (χ3n) is 3.84. The van der Waals surface area contributed by atoms with E-state index < -0.39 is 0 Å². The van der Waals surface area contributed by atoms with E-state index in [0.717, 1.165) is 0 Å². The van der Waals surface area contributed by atoms with Crippen LogP contribution in [-0.2, 0) is 12.8 Å². The highest BCUT2D eigenvalue weighted by Gasteiger charge is 2.12. The lowest BCUT2D eigenvalue weighted by atomic mass is 10.0. The second-order valence-corrected chi connectivity index (χ2v) is 5.17. The van der Waals surface area contributed by atoms with Gasteiger partial charge in [0.1, 0.15) is 0 Å². The van der Waals surface area contributed by atoms with Gasteiger partial charge in [-0.2, -0.15) is 0 Å². The third-order valence-corrected chi connectivity index (χ3v) is 3.84. The predicted molar refractivity (Wildman–Crippen MR) is 74.4 cm³/mol. The summed E-state index contributed by atoms with van der Waals surface area (Å²) < 4.78 is 0. The molecule has 0 aliphatic carbocycles. The molecule has 17 heavy (non-hydrogen) atoms. The monoisotopic (exact) mass is 231 g/mol. The van der Waals surface area contributed by atoms with Crippen LogP contribution in [0.2, 0.25) is 0 Å². The van der Waals surface area contributed by atoms with E-state index in [1.807, 2.05) is 0 Å². The first-order valence-electron chi connectivity index (χ1n) is 7.19. The lowest BCUT2D eigenvalue weighted by molar-refractivity contribution is 0.280. The van der Waals surface area contributed by atoms with Crippen molar-refractivity contribution in [2.75, 3.05) is 19.6 Å². The first kappa shape index (κ1) is 12.6. The number of nitrogens with zero attached hydrogens (tertiary/aromatic N) is 1. The molecule has 0 amide bonds. The van der Waals surface area contributed by atoms with Crippen molar-refractivity contribution in [2.24, 2.45) is 0 Å². The number of rotatable bonds is 5. The Labute approximate surface area is 106 Å². The van der Waals surface area contributed by atoms with Crippen LogP contribution < -0.4 is 0 Å². The summed E-state index contributed by atoms with van der Waals surface area (Å²) >= 11 is 0. The van der Waals surface area contributed by atoms with Crippen LogP contribution in [0.4, 0.5) is 0 Å². The minimum atomic E-state index is 1.24. The molecule has 0 radical (unpaired) electrons. The number of hydrogen-bond acceptors (Lipinski definition) is 1. The van der Waals surface area contributed by atoms with Crippen LogP contribution in [0.5, 0.6) is 0 Å². The van der Waals surface area contributed by atoms with Gasteiger partial charge in [0.25, 0.3) is 0 Å². The molecule has 1 aliphatic rings. The summed E-state index contributed by atoms with van der Waals surface area (Å²) in [4.78, 5) is 2.65. The van der Waals surface area contributed by atoms with E-state index in [1.165, 1.54) is 58.2 Å². The van der Waals surface area contributed by atoms with Gasteiger partial charge in [0.15, 0.2) is 0 Å².